The third kappa shape index (κ3) is 4.91. The molecule has 1 amide bonds. The number of aliphatic hydroxyl groups is 1. The van der Waals surface area contributed by atoms with Gasteiger partial charge in [0.2, 0.25) is 0 Å². The van der Waals surface area contributed by atoms with Crippen molar-refractivity contribution in [2.24, 2.45) is 0 Å². The topological polar surface area (TPSA) is 116 Å². The summed E-state index contributed by atoms with van der Waals surface area (Å²) < 4.78 is 15.7. The van der Waals surface area contributed by atoms with Gasteiger partial charge in [-0.2, -0.15) is 0 Å². The van der Waals surface area contributed by atoms with Crippen molar-refractivity contribution in [3.63, 3.8) is 0 Å². The summed E-state index contributed by atoms with van der Waals surface area (Å²) in [6.45, 7) is 2.44. The van der Waals surface area contributed by atoms with Gasteiger partial charge in [0.05, 0.1) is 23.4 Å². The number of carbonyl (C=O) groups is 1. The van der Waals surface area contributed by atoms with E-state index < -0.39 is 17.7 Å². The van der Waals surface area contributed by atoms with Crippen LogP contribution in [-0.2, 0) is 0 Å². The van der Waals surface area contributed by atoms with Crippen LogP contribution in [0.2, 0.25) is 0 Å². The molecule has 4 rings (SSSR count). The summed E-state index contributed by atoms with van der Waals surface area (Å²) in [7, 11) is 0. The fraction of sp³-hybridized carbons (Fsp3) is 0.429. The van der Waals surface area contributed by atoms with Gasteiger partial charge < -0.3 is 21.1 Å². The number of imidazole rings is 1. The minimum atomic E-state index is -1.59. The highest BCUT2D eigenvalue weighted by atomic mass is 19.1. The van der Waals surface area contributed by atoms with Crippen LogP contribution in [0.5, 0.6) is 0 Å². The average molecular weight is 427 g/mol. The SMILES string of the molecule is CC(C)(O)[C@H](F)CNC(=O)c1cnc(Nc2ccc3nccn3n2)cc1NC1CCC1. The lowest BCUT2D eigenvalue weighted by molar-refractivity contribution is -0.00177. The molecule has 0 aliphatic heterocycles. The van der Waals surface area contributed by atoms with Crippen molar-refractivity contribution < 1.29 is 14.3 Å². The quantitative estimate of drug-likeness (QED) is 0.437. The van der Waals surface area contributed by atoms with E-state index in [0.29, 0.717) is 22.9 Å². The Morgan fingerprint density at radius 3 is 2.84 bits per heavy atom. The van der Waals surface area contributed by atoms with Gasteiger partial charge in [0.1, 0.15) is 12.0 Å². The molecule has 0 spiro atoms. The van der Waals surface area contributed by atoms with Crippen molar-refractivity contribution in [3.8, 4) is 0 Å². The zero-order valence-corrected chi connectivity index (χ0v) is 17.5. The molecule has 1 aliphatic carbocycles. The zero-order chi connectivity index (χ0) is 22.0. The highest BCUT2D eigenvalue weighted by Crippen LogP contribution is 2.27. The summed E-state index contributed by atoms with van der Waals surface area (Å²) in [5, 5.41) is 23.2. The van der Waals surface area contributed by atoms with E-state index in [0.717, 1.165) is 24.9 Å². The maximum absolute atomic E-state index is 14.0. The van der Waals surface area contributed by atoms with E-state index in [2.05, 4.69) is 31.0 Å². The van der Waals surface area contributed by atoms with Crippen LogP contribution < -0.4 is 16.0 Å². The molecule has 1 atom stereocenters. The first-order valence-electron chi connectivity index (χ1n) is 10.3. The van der Waals surface area contributed by atoms with Gasteiger partial charge in [0.25, 0.3) is 5.91 Å². The molecule has 3 aromatic heterocycles. The maximum Gasteiger partial charge on any atom is 0.255 e. The van der Waals surface area contributed by atoms with E-state index in [4.69, 9.17) is 0 Å². The van der Waals surface area contributed by atoms with Gasteiger partial charge in [-0.1, -0.05) is 0 Å². The van der Waals surface area contributed by atoms with E-state index in [1.165, 1.54) is 20.0 Å². The lowest BCUT2D eigenvalue weighted by Crippen LogP contribution is -2.42. The second-order valence-electron chi connectivity index (χ2n) is 8.29. The summed E-state index contributed by atoms with van der Waals surface area (Å²) in [4.78, 5) is 21.2. The number of pyridine rings is 1. The molecule has 10 heteroatoms. The molecule has 1 saturated carbocycles. The number of nitrogens with zero attached hydrogens (tertiary/aromatic N) is 4. The van der Waals surface area contributed by atoms with Gasteiger partial charge in [-0.3, -0.25) is 4.79 Å². The fourth-order valence-electron chi connectivity index (χ4n) is 3.14. The van der Waals surface area contributed by atoms with Crippen molar-refractivity contribution in [3.05, 3.63) is 42.4 Å². The monoisotopic (exact) mass is 427 g/mol. The molecule has 31 heavy (non-hydrogen) atoms. The molecule has 9 nitrogen and oxygen atoms in total. The number of nitrogens with one attached hydrogen (secondary N) is 3. The van der Waals surface area contributed by atoms with Crippen LogP contribution in [0.4, 0.5) is 21.7 Å². The molecular weight excluding hydrogens is 401 g/mol. The minimum Gasteiger partial charge on any atom is -0.387 e. The zero-order valence-electron chi connectivity index (χ0n) is 17.5. The van der Waals surface area contributed by atoms with E-state index in [1.807, 2.05) is 6.07 Å². The molecule has 0 unspecified atom stereocenters. The Morgan fingerprint density at radius 2 is 2.13 bits per heavy atom. The van der Waals surface area contributed by atoms with Crippen LogP contribution in [0, 0.1) is 0 Å². The number of halogens is 1. The van der Waals surface area contributed by atoms with E-state index in [9.17, 15) is 14.3 Å². The number of hydrogen-bond acceptors (Lipinski definition) is 7. The van der Waals surface area contributed by atoms with Gasteiger partial charge in [0.15, 0.2) is 11.5 Å². The summed E-state index contributed by atoms with van der Waals surface area (Å²) in [6.07, 6.45) is 6.46. The smallest absolute Gasteiger partial charge is 0.255 e. The fourth-order valence-corrected chi connectivity index (χ4v) is 3.14. The standard InChI is InChI=1S/C21H26FN7O2/c1-21(2,31)16(22)12-25-20(30)14-11-24-18(10-15(14)26-13-4-3-5-13)27-17-6-7-19-23-8-9-29(19)28-17/h6-11,13,16,31H,3-5,12H2,1-2H3,(H,25,30)(H2,24,26,27,28)/t16-/m1/s1. The van der Waals surface area contributed by atoms with Crippen molar-refractivity contribution in [1.29, 1.82) is 0 Å². The second kappa shape index (κ2) is 8.46. The van der Waals surface area contributed by atoms with Gasteiger partial charge in [-0.25, -0.2) is 18.9 Å². The van der Waals surface area contributed by atoms with Gasteiger partial charge in [-0.15, -0.1) is 5.10 Å². The van der Waals surface area contributed by atoms with Crippen molar-refractivity contribution in [2.75, 3.05) is 17.2 Å². The van der Waals surface area contributed by atoms with Crippen LogP contribution in [0.3, 0.4) is 0 Å². The summed E-state index contributed by atoms with van der Waals surface area (Å²) in [6, 6.07) is 5.66. The van der Waals surface area contributed by atoms with E-state index in [1.54, 1.807) is 29.0 Å². The number of anilines is 3. The Labute approximate surface area is 179 Å². The normalized spacial score (nSPS) is 15.4. The highest BCUT2D eigenvalue weighted by molar-refractivity contribution is 5.99. The molecule has 0 bridgehead atoms. The van der Waals surface area contributed by atoms with Crippen molar-refractivity contribution in [1.82, 2.24) is 24.9 Å². The van der Waals surface area contributed by atoms with Crippen LogP contribution in [0.15, 0.2) is 36.8 Å². The highest BCUT2D eigenvalue weighted by Gasteiger charge is 2.27. The third-order valence-corrected chi connectivity index (χ3v) is 5.33. The Morgan fingerprint density at radius 1 is 1.32 bits per heavy atom. The second-order valence-corrected chi connectivity index (χ2v) is 8.29. The molecule has 0 radical (unpaired) electrons. The first-order valence-corrected chi connectivity index (χ1v) is 10.3. The third-order valence-electron chi connectivity index (χ3n) is 5.33. The number of carbonyl (C=O) groups excluding carboxylic acids is 1. The van der Waals surface area contributed by atoms with Crippen LogP contribution in [0.25, 0.3) is 5.65 Å². The van der Waals surface area contributed by atoms with Gasteiger partial charge in [-0.05, 0) is 45.2 Å². The Hall–Kier alpha value is -3.27. The molecular formula is C21H26FN7O2. The number of hydrogen-bond donors (Lipinski definition) is 4. The minimum absolute atomic E-state index is 0.285. The molecule has 0 saturated heterocycles. The van der Waals surface area contributed by atoms with Crippen molar-refractivity contribution >= 4 is 28.9 Å². The lowest BCUT2D eigenvalue weighted by Gasteiger charge is -2.28. The Bertz CT molecular complexity index is 1080. The molecule has 1 fully saturated rings. The molecule has 0 aromatic carbocycles. The predicted octanol–water partition coefficient (Wildman–Crippen LogP) is 2.67. The summed E-state index contributed by atoms with van der Waals surface area (Å²) in [5.41, 5.74) is 0.130. The number of aromatic nitrogens is 4. The number of amides is 1. The number of alkyl halides is 1. The summed E-state index contributed by atoms with van der Waals surface area (Å²) >= 11 is 0. The lowest BCUT2D eigenvalue weighted by atomic mass is 9.92. The van der Waals surface area contributed by atoms with Crippen molar-refractivity contribution in [2.45, 2.75) is 50.9 Å². The largest absolute Gasteiger partial charge is 0.387 e. The maximum atomic E-state index is 14.0. The van der Waals surface area contributed by atoms with Crippen LogP contribution in [-0.4, -0.2) is 55.0 Å². The average Bonchev–Trinajstić information content (AvgIpc) is 3.16. The Kier molecular flexibility index (Phi) is 5.73. The molecule has 3 aromatic rings. The Balaban J connectivity index is 1.53. The van der Waals surface area contributed by atoms with Gasteiger partial charge >= 0.3 is 0 Å². The molecule has 3 heterocycles. The summed E-state index contributed by atoms with van der Waals surface area (Å²) in [5.74, 6) is 0.645. The first kappa shape index (κ1) is 21.0. The van der Waals surface area contributed by atoms with Gasteiger partial charge in [0, 0.05) is 30.7 Å². The number of fused-ring (bicyclic) bond motifs is 1. The van der Waals surface area contributed by atoms with Crippen LogP contribution in [0.1, 0.15) is 43.5 Å². The number of rotatable bonds is 8. The van der Waals surface area contributed by atoms with Crippen LogP contribution >= 0.6 is 0 Å². The van der Waals surface area contributed by atoms with E-state index >= 15 is 0 Å². The molecule has 164 valence electrons. The van der Waals surface area contributed by atoms with E-state index in [-0.39, 0.29) is 12.6 Å². The molecule has 4 N–H and O–H groups in total. The predicted molar refractivity (Wildman–Crippen MR) is 115 cm³/mol. The first-order chi connectivity index (χ1) is 14.8. The molecule has 1 aliphatic rings.